The molecule has 4 N–H and O–H groups in total. The summed E-state index contributed by atoms with van der Waals surface area (Å²) in [6.07, 6.45) is 16.2. The smallest absolute Gasteiger partial charge is 0.00388 e. The van der Waals surface area contributed by atoms with Crippen molar-refractivity contribution in [3.05, 3.63) is 0 Å². The van der Waals surface area contributed by atoms with E-state index >= 15 is 0 Å². The fraction of sp³-hybridized carbons (Fsp3) is 1.00. The Bertz CT molecular complexity index is 145. The summed E-state index contributed by atoms with van der Waals surface area (Å²) in [4.78, 5) is 0. The van der Waals surface area contributed by atoms with Gasteiger partial charge >= 0.3 is 0 Å². The SMILES string of the molecule is NC1CCCCC1.NC1CCCCCCC1. The van der Waals surface area contributed by atoms with Crippen LogP contribution in [0.25, 0.3) is 0 Å². The molecule has 0 aromatic rings. The lowest BCUT2D eigenvalue weighted by Gasteiger charge is -2.15. The molecule has 2 saturated carbocycles. The average Bonchev–Trinajstić information content (AvgIpc) is 2.26. The van der Waals surface area contributed by atoms with Crippen LogP contribution in [0.2, 0.25) is 0 Å². The molecule has 2 aliphatic carbocycles. The highest BCUT2D eigenvalue weighted by molar-refractivity contribution is 4.66. The quantitative estimate of drug-likeness (QED) is 0.665. The highest BCUT2D eigenvalue weighted by atomic mass is 14.6. The van der Waals surface area contributed by atoms with Gasteiger partial charge in [-0.1, -0.05) is 51.4 Å². The van der Waals surface area contributed by atoms with Gasteiger partial charge in [0, 0.05) is 12.1 Å². The molecule has 0 saturated heterocycles. The van der Waals surface area contributed by atoms with Gasteiger partial charge in [0.25, 0.3) is 0 Å². The van der Waals surface area contributed by atoms with E-state index in [1.54, 1.807) is 0 Å². The summed E-state index contributed by atoms with van der Waals surface area (Å²) in [6.45, 7) is 0. The van der Waals surface area contributed by atoms with E-state index in [1.807, 2.05) is 0 Å². The third-order valence-electron chi connectivity index (χ3n) is 3.80. The maximum atomic E-state index is 5.80. The van der Waals surface area contributed by atoms with Gasteiger partial charge in [0.2, 0.25) is 0 Å². The molecule has 0 atom stereocenters. The summed E-state index contributed by atoms with van der Waals surface area (Å²) < 4.78 is 0. The molecular formula is C14H30N2. The van der Waals surface area contributed by atoms with Gasteiger partial charge in [-0.25, -0.2) is 0 Å². The van der Waals surface area contributed by atoms with Gasteiger partial charge in [-0.15, -0.1) is 0 Å². The van der Waals surface area contributed by atoms with E-state index in [0.29, 0.717) is 12.1 Å². The second-order valence-corrected chi connectivity index (χ2v) is 5.50. The lowest BCUT2D eigenvalue weighted by Crippen LogP contribution is -2.22. The molecule has 0 bridgehead atoms. The molecule has 2 fully saturated rings. The summed E-state index contributed by atoms with van der Waals surface area (Å²) in [5.74, 6) is 0. The van der Waals surface area contributed by atoms with Crippen molar-refractivity contribution >= 4 is 0 Å². The maximum absolute atomic E-state index is 5.80. The van der Waals surface area contributed by atoms with Crippen molar-refractivity contribution in [1.29, 1.82) is 0 Å². The van der Waals surface area contributed by atoms with Crippen molar-refractivity contribution in [3.63, 3.8) is 0 Å². The van der Waals surface area contributed by atoms with Gasteiger partial charge in [0.05, 0.1) is 0 Å². The van der Waals surface area contributed by atoms with E-state index in [-0.39, 0.29) is 0 Å². The van der Waals surface area contributed by atoms with Crippen LogP contribution in [0.5, 0.6) is 0 Å². The Morgan fingerprint density at radius 3 is 1.06 bits per heavy atom. The second-order valence-electron chi connectivity index (χ2n) is 5.50. The first-order chi connectivity index (χ1) is 7.79. The molecule has 0 amide bonds. The van der Waals surface area contributed by atoms with Crippen LogP contribution in [0.1, 0.15) is 77.0 Å². The molecule has 96 valence electrons. The van der Waals surface area contributed by atoms with Crippen molar-refractivity contribution in [3.8, 4) is 0 Å². The molecule has 2 rings (SSSR count). The monoisotopic (exact) mass is 226 g/mol. The highest BCUT2D eigenvalue weighted by Gasteiger charge is 2.06. The van der Waals surface area contributed by atoms with Crippen molar-refractivity contribution in [2.75, 3.05) is 0 Å². The van der Waals surface area contributed by atoms with E-state index in [1.165, 1.54) is 77.0 Å². The summed E-state index contributed by atoms with van der Waals surface area (Å²) in [7, 11) is 0. The first kappa shape index (κ1) is 14.0. The zero-order valence-electron chi connectivity index (χ0n) is 10.8. The molecule has 2 aliphatic rings. The van der Waals surface area contributed by atoms with E-state index < -0.39 is 0 Å². The topological polar surface area (TPSA) is 52.0 Å². The molecule has 2 heteroatoms. The van der Waals surface area contributed by atoms with E-state index in [9.17, 15) is 0 Å². The fourth-order valence-electron chi connectivity index (χ4n) is 2.62. The van der Waals surface area contributed by atoms with E-state index in [0.717, 1.165) is 0 Å². The highest BCUT2D eigenvalue weighted by Crippen LogP contribution is 2.15. The number of rotatable bonds is 0. The third kappa shape index (κ3) is 7.24. The standard InChI is InChI=1S/C8H17N.C6H13N/c9-8-6-4-2-1-3-5-7-8;7-6-4-2-1-3-5-6/h8H,1-7,9H2;6H,1-5,7H2. The molecule has 0 spiro atoms. The normalized spacial score (nSPS) is 25.1. The number of hydrogen-bond acceptors (Lipinski definition) is 2. The Morgan fingerprint density at radius 1 is 0.438 bits per heavy atom. The lowest BCUT2D eigenvalue weighted by molar-refractivity contribution is 0.441. The summed E-state index contributed by atoms with van der Waals surface area (Å²) in [5, 5.41) is 0. The van der Waals surface area contributed by atoms with Crippen molar-refractivity contribution < 1.29 is 0 Å². The van der Waals surface area contributed by atoms with E-state index in [4.69, 9.17) is 11.5 Å². The zero-order chi connectivity index (χ0) is 11.6. The van der Waals surface area contributed by atoms with Crippen molar-refractivity contribution in [1.82, 2.24) is 0 Å². The maximum Gasteiger partial charge on any atom is 0.00388 e. The zero-order valence-corrected chi connectivity index (χ0v) is 10.8. The fourth-order valence-corrected chi connectivity index (χ4v) is 2.62. The van der Waals surface area contributed by atoms with Crippen molar-refractivity contribution in [2.24, 2.45) is 11.5 Å². The minimum absolute atomic E-state index is 0.519. The van der Waals surface area contributed by atoms with Gasteiger partial charge < -0.3 is 11.5 Å². The molecule has 0 aliphatic heterocycles. The predicted molar refractivity (Wildman–Crippen MR) is 71.4 cm³/mol. The lowest BCUT2D eigenvalue weighted by atomic mass is 9.97. The van der Waals surface area contributed by atoms with Crippen LogP contribution in [0.3, 0.4) is 0 Å². The van der Waals surface area contributed by atoms with Crippen molar-refractivity contribution in [2.45, 2.75) is 89.1 Å². The summed E-state index contributed by atoms with van der Waals surface area (Å²) in [5.41, 5.74) is 11.4. The Morgan fingerprint density at radius 2 is 0.688 bits per heavy atom. The van der Waals surface area contributed by atoms with Gasteiger partial charge in [0.1, 0.15) is 0 Å². The average molecular weight is 226 g/mol. The van der Waals surface area contributed by atoms with Crippen LogP contribution < -0.4 is 11.5 Å². The van der Waals surface area contributed by atoms with Crippen LogP contribution in [-0.4, -0.2) is 12.1 Å². The summed E-state index contributed by atoms with van der Waals surface area (Å²) >= 11 is 0. The van der Waals surface area contributed by atoms with Gasteiger partial charge in [0.15, 0.2) is 0 Å². The Balaban J connectivity index is 0.000000165. The minimum Gasteiger partial charge on any atom is -0.328 e. The Hall–Kier alpha value is -0.0800. The third-order valence-corrected chi connectivity index (χ3v) is 3.80. The number of hydrogen-bond donors (Lipinski definition) is 2. The van der Waals surface area contributed by atoms with E-state index in [2.05, 4.69) is 0 Å². The molecule has 0 radical (unpaired) electrons. The van der Waals surface area contributed by atoms with Gasteiger partial charge in [-0.3, -0.25) is 0 Å². The minimum atomic E-state index is 0.519. The van der Waals surface area contributed by atoms with Crippen LogP contribution in [-0.2, 0) is 0 Å². The van der Waals surface area contributed by atoms with Crippen LogP contribution in [0, 0.1) is 0 Å². The molecule has 16 heavy (non-hydrogen) atoms. The second kappa shape index (κ2) is 9.00. The number of nitrogens with two attached hydrogens (primary N) is 2. The molecular weight excluding hydrogens is 196 g/mol. The predicted octanol–water partition coefficient (Wildman–Crippen LogP) is 3.34. The first-order valence-electron chi connectivity index (χ1n) is 7.30. The molecule has 0 heterocycles. The Labute approximate surface area is 101 Å². The molecule has 0 aromatic carbocycles. The molecule has 2 nitrogen and oxygen atoms in total. The largest absolute Gasteiger partial charge is 0.328 e. The Kier molecular flexibility index (Phi) is 7.87. The van der Waals surface area contributed by atoms with Crippen LogP contribution >= 0.6 is 0 Å². The first-order valence-corrected chi connectivity index (χ1v) is 7.30. The van der Waals surface area contributed by atoms with Gasteiger partial charge in [-0.05, 0) is 25.7 Å². The molecule has 0 unspecified atom stereocenters. The van der Waals surface area contributed by atoms with Crippen LogP contribution in [0.4, 0.5) is 0 Å². The van der Waals surface area contributed by atoms with Gasteiger partial charge in [-0.2, -0.15) is 0 Å². The molecule has 0 aromatic heterocycles. The van der Waals surface area contributed by atoms with Crippen LogP contribution in [0.15, 0.2) is 0 Å². The summed E-state index contributed by atoms with van der Waals surface area (Å²) in [6, 6.07) is 1.05.